The fourth-order valence-electron chi connectivity index (χ4n) is 1.98. The van der Waals surface area contributed by atoms with Crippen molar-refractivity contribution < 1.29 is 19.1 Å². The second-order valence-corrected chi connectivity index (χ2v) is 5.83. The Morgan fingerprint density at radius 3 is 2.92 bits per heavy atom. The van der Waals surface area contributed by atoms with Crippen LogP contribution in [0, 0.1) is 0 Å². The van der Waals surface area contributed by atoms with Gasteiger partial charge < -0.3 is 9.47 Å². The number of carbonyl (C=O) groups excluding carboxylic acids is 2. The first kappa shape index (κ1) is 16.8. The standard InChI is InChI=1S/C16H14N4O4S/c1-2-23-10-3-4-11-13(7-10)25-16(19-11)20-14(21)9-24-15(22)12-8-17-5-6-18-12/h3-8H,2,9H2,1H3,(H,19,20,21). The van der Waals surface area contributed by atoms with Crippen LogP contribution in [-0.2, 0) is 9.53 Å². The lowest BCUT2D eigenvalue weighted by molar-refractivity contribution is -0.119. The van der Waals surface area contributed by atoms with Gasteiger partial charge in [-0.25, -0.2) is 14.8 Å². The zero-order chi connectivity index (χ0) is 17.6. The second-order valence-electron chi connectivity index (χ2n) is 4.80. The maximum absolute atomic E-state index is 11.9. The molecule has 2 heterocycles. The quantitative estimate of drug-likeness (QED) is 0.674. The van der Waals surface area contributed by atoms with Crippen LogP contribution >= 0.6 is 11.3 Å². The van der Waals surface area contributed by atoms with Gasteiger partial charge in [0.25, 0.3) is 5.91 Å². The number of anilines is 1. The maximum atomic E-state index is 11.9. The number of thiazole rings is 1. The first-order valence-electron chi connectivity index (χ1n) is 7.42. The molecule has 3 aromatic rings. The van der Waals surface area contributed by atoms with Crippen molar-refractivity contribution in [2.75, 3.05) is 18.5 Å². The van der Waals surface area contributed by atoms with Gasteiger partial charge in [0.05, 0.1) is 23.0 Å². The number of amides is 1. The zero-order valence-electron chi connectivity index (χ0n) is 13.3. The second kappa shape index (κ2) is 7.67. The highest BCUT2D eigenvalue weighted by Crippen LogP contribution is 2.29. The van der Waals surface area contributed by atoms with Crippen LogP contribution in [0.3, 0.4) is 0 Å². The van der Waals surface area contributed by atoms with E-state index in [1.165, 1.54) is 29.9 Å². The fraction of sp³-hybridized carbons (Fsp3) is 0.188. The first-order valence-corrected chi connectivity index (χ1v) is 8.23. The molecule has 0 aliphatic carbocycles. The molecule has 8 nitrogen and oxygen atoms in total. The maximum Gasteiger partial charge on any atom is 0.359 e. The number of esters is 1. The summed E-state index contributed by atoms with van der Waals surface area (Å²) in [4.78, 5) is 35.5. The SMILES string of the molecule is CCOc1ccc2nc(NC(=O)COC(=O)c3cnccn3)sc2c1. The Morgan fingerprint density at radius 1 is 1.28 bits per heavy atom. The summed E-state index contributed by atoms with van der Waals surface area (Å²) in [6, 6.07) is 5.50. The van der Waals surface area contributed by atoms with Gasteiger partial charge in [-0.3, -0.25) is 15.1 Å². The van der Waals surface area contributed by atoms with E-state index in [0.29, 0.717) is 11.7 Å². The van der Waals surface area contributed by atoms with Crippen LogP contribution in [0.4, 0.5) is 5.13 Å². The lowest BCUT2D eigenvalue weighted by atomic mass is 10.3. The van der Waals surface area contributed by atoms with Crippen molar-refractivity contribution in [1.29, 1.82) is 0 Å². The molecule has 0 radical (unpaired) electrons. The third-order valence-electron chi connectivity index (χ3n) is 3.02. The third kappa shape index (κ3) is 4.27. The van der Waals surface area contributed by atoms with Gasteiger partial charge in [0.2, 0.25) is 0 Å². The Kier molecular flexibility index (Phi) is 5.14. The van der Waals surface area contributed by atoms with Crippen LogP contribution in [-0.4, -0.2) is 40.0 Å². The lowest BCUT2D eigenvalue weighted by Crippen LogP contribution is -2.21. The van der Waals surface area contributed by atoms with Crippen molar-refractivity contribution >= 4 is 38.6 Å². The molecule has 0 aliphatic heterocycles. The van der Waals surface area contributed by atoms with Crippen LogP contribution in [0.15, 0.2) is 36.8 Å². The summed E-state index contributed by atoms with van der Waals surface area (Å²) in [5.74, 6) is -0.454. The topological polar surface area (TPSA) is 103 Å². The van der Waals surface area contributed by atoms with E-state index >= 15 is 0 Å². The van der Waals surface area contributed by atoms with Crippen LogP contribution in [0.5, 0.6) is 5.75 Å². The van der Waals surface area contributed by atoms with E-state index < -0.39 is 18.5 Å². The van der Waals surface area contributed by atoms with E-state index in [9.17, 15) is 9.59 Å². The third-order valence-corrected chi connectivity index (χ3v) is 3.96. The summed E-state index contributed by atoms with van der Waals surface area (Å²) in [6.07, 6.45) is 4.08. The highest BCUT2D eigenvalue weighted by atomic mass is 32.1. The minimum absolute atomic E-state index is 0.0405. The molecule has 0 spiro atoms. The molecule has 25 heavy (non-hydrogen) atoms. The number of carbonyl (C=O) groups is 2. The molecule has 0 bridgehead atoms. The van der Waals surface area contributed by atoms with Crippen molar-refractivity contribution in [1.82, 2.24) is 15.0 Å². The van der Waals surface area contributed by atoms with Crippen molar-refractivity contribution in [3.05, 3.63) is 42.5 Å². The van der Waals surface area contributed by atoms with E-state index in [-0.39, 0.29) is 5.69 Å². The number of hydrogen-bond donors (Lipinski definition) is 1. The molecule has 1 N–H and O–H groups in total. The molecule has 0 unspecified atom stereocenters. The minimum Gasteiger partial charge on any atom is -0.494 e. The highest BCUT2D eigenvalue weighted by molar-refractivity contribution is 7.22. The molecule has 1 aromatic carbocycles. The molecule has 0 saturated carbocycles. The summed E-state index contributed by atoms with van der Waals surface area (Å²) in [7, 11) is 0. The lowest BCUT2D eigenvalue weighted by Gasteiger charge is -2.03. The highest BCUT2D eigenvalue weighted by Gasteiger charge is 2.13. The Bertz CT molecular complexity index is 898. The van der Waals surface area contributed by atoms with Crippen molar-refractivity contribution in [2.24, 2.45) is 0 Å². The van der Waals surface area contributed by atoms with Gasteiger partial charge >= 0.3 is 5.97 Å². The van der Waals surface area contributed by atoms with E-state index in [1.807, 2.05) is 25.1 Å². The number of nitrogens with zero attached hydrogens (tertiary/aromatic N) is 3. The molecule has 9 heteroatoms. The molecule has 2 aromatic heterocycles. The van der Waals surface area contributed by atoms with Gasteiger partial charge in [-0.1, -0.05) is 11.3 Å². The Balaban J connectivity index is 1.59. The number of hydrogen-bond acceptors (Lipinski definition) is 8. The smallest absolute Gasteiger partial charge is 0.359 e. The van der Waals surface area contributed by atoms with Gasteiger partial charge in [0, 0.05) is 12.4 Å². The molecule has 128 valence electrons. The average Bonchev–Trinajstić information content (AvgIpc) is 3.02. The van der Waals surface area contributed by atoms with Crippen LogP contribution in [0.25, 0.3) is 10.2 Å². The van der Waals surface area contributed by atoms with Crippen LogP contribution in [0.2, 0.25) is 0 Å². The summed E-state index contributed by atoms with van der Waals surface area (Å²) < 4.78 is 11.2. The summed E-state index contributed by atoms with van der Waals surface area (Å²) in [5.41, 5.74) is 0.791. The first-order chi connectivity index (χ1) is 12.2. The van der Waals surface area contributed by atoms with E-state index in [4.69, 9.17) is 9.47 Å². The van der Waals surface area contributed by atoms with Crippen molar-refractivity contribution in [3.8, 4) is 5.75 Å². The van der Waals surface area contributed by atoms with Crippen molar-refractivity contribution in [2.45, 2.75) is 6.92 Å². The monoisotopic (exact) mass is 358 g/mol. The number of ether oxygens (including phenoxy) is 2. The Hall–Kier alpha value is -3.07. The zero-order valence-corrected chi connectivity index (χ0v) is 14.1. The van der Waals surface area contributed by atoms with E-state index in [2.05, 4.69) is 20.3 Å². The number of benzene rings is 1. The molecule has 3 rings (SSSR count). The largest absolute Gasteiger partial charge is 0.494 e. The number of rotatable bonds is 6. The molecular weight excluding hydrogens is 344 g/mol. The van der Waals surface area contributed by atoms with E-state index in [0.717, 1.165) is 16.0 Å². The summed E-state index contributed by atoms with van der Waals surface area (Å²) in [5, 5.41) is 3.02. The summed E-state index contributed by atoms with van der Waals surface area (Å²) >= 11 is 1.31. The van der Waals surface area contributed by atoms with Gasteiger partial charge in [-0.2, -0.15) is 0 Å². The normalized spacial score (nSPS) is 10.4. The van der Waals surface area contributed by atoms with Crippen LogP contribution < -0.4 is 10.1 Å². The molecule has 1 amide bonds. The van der Waals surface area contributed by atoms with Gasteiger partial charge in [0.1, 0.15) is 5.75 Å². The number of nitrogens with one attached hydrogen (secondary N) is 1. The molecule has 0 aliphatic rings. The number of aromatic nitrogens is 3. The van der Waals surface area contributed by atoms with Gasteiger partial charge in [0.15, 0.2) is 17.4 Å². The molecule has 0 fully saturated rings. The molecular formula is C16H14N4O4S. The fourth-order valence-corrected chi connectivity index (χ4v) is 2.89. The predicted molar refractivity (Wildman–Crippen MR) is 91.7 cm³/mol. The van der Waals surface area contributed by atoms with Gasteiger partial charge in [-0.15, -0.1) is 0 Å². The Labute approximate surface area is 146 Å². The van der Waals surface area contributed by atoms with Crippen molar-refractivity contribution in [3.63, 3.8) is 0 Å². The number of fused-ring (bicyclic) bond motifs is 1. The van der Waals surface area contributed by atoms with Gasteiger partial charge in [-0.05, 0) is 25.1 Å². The minimum atomic E-state index is -0.714. The van der Waals surface area contributed by atoms with E-state index in [1.54, 1.807) is 0 Å². The predicted octanol–water partition coefficient (Wildman–Crippen LogP) is 2.28. The molecule has 0 saturated heterocycles. The average molecular weight is 358 g/mol. The Morgan fingerprint density at radius 2 is 2.16 bits per heavy atom. The summed E-state index contributed by atoms with van der Waals surface area (Å²) in [6.45, 7) is 2.05. The van der Waals surface area contributed by atoms with Crippen LogP contribution in [0.1, 0.15) is 17.4 Å². The molecule has 0 atom stereocenters.